The predicted molar refractivity (Wildman–Crippen MR) is 58.6 cm³/mol. The average molecular weight is 271 g/mol. The number of carboxylic acid groups (broad SMARTS) is 1. The first-order chi connectivity index (χ1) is 7.40. The third-order valence-corrected chi connectivity index (χ3v) is 1.56. The Hall–Kier alpha value is -0.214. The van der Waals surface area contributed by atoms with Gasteiger partial charge < -0.3 is 17.0 Å². The molecule has 0 fully saturated rings. The molecule has 1 atom stereocenters. The molecule has 0 saturated carbocycles. The number of hydrogen-bond acceptors (Lipinski definition) is 4. The van der Waals surface area contributed by atoms with Crippen molar-refractivity contribution in [1.82, 2.24) is 0 Å². The molecule has 0 bridgehead atoms. The van der Waals surface area contributed by atoms with E-state index >= 15 is 0 Å². The van der Waals surface area contributed by atoms with Crippen LogP contribution in [0.15, 0.2) is 12.7 Å². The van der Waals surface area contributed by atoms with Gasteiger partial charge in [0.25, 0.3) is 0 Å². The summed E-state index contributed by atoms with van der Waals surface area (Å²) < 4.78 is 4.31. The fraction of sp³-hybridized carbons (Fsp3) is 0.500. The van der Waals surface area contributed by atoms with Crippen molar-refractivity contribution in [3.63, 3.8) is 0 Å². The second kappa shape index (κ2) is 13.8. The summed E-state index contributed by atoms with van der Waals surface area (Å²) in [4.78, 5) is 30.6. The van der Waals surface area contributed by atoms with Gasteiger partial charge in [0, 0.05) is 0 Å². The van der Waals surface area contributed by atoms with Crippen LogP contribution >= 0.6 is 0 Å². The van der Waals surface area contributed by atoms with E-state index in [1.54, 1.807) is 0 Å². The number of rotatable bonds is 5. The Morgan fingerprint density at radius 2 is 1.94 bits per heavy atom. The van der Waals surface area contributed by atoms with Crippen molar-refractivity contribution in [2.45, 2.75) is 19.8 Å². The average Bonchev–Trinajstić information content (AvgIpc) is 2.25. The van der Waals surface area contributed by atoms with Gasteiger partial charge in [0.05, 0.1) is 7.11 Å². The molecule has 0 aliphatic heterocycles. The van der Waals surface area contributed by atoms with E-state index in [4.69, 9.17) is 5.11 Å². The molecule has 17 heavy (non-hydrogen) atoms. The Kier molecular flexibility index (Phi) is 17.9. The molecule has 0 aromatic carbocycles. The van der Waals surface area contributed by atoms with Crippen LogP contribution in [0, 0.1) is 5.92 Å². The molecule has 3 N–H and O–H groups in total. The van der Waals surface area contributed by atoms with Crippen molar-refractivity contribution in [2.24, 2.45) is 11.7 Å². The number of amides is 1. The zero-order valence-electron chi connectivity index (χ0n) is 11.4. The second-order valence-corrected chi connectivity index (χ2v) is 2.81. The first kappa shape index (κ1) is 22.0. The van der Waals surface area contributed by atoms with Crippen LogP contribution in [0.1, 0.15) is 21.2 Å². The molecule has 0 heterocycles. The van der Waals surface area contributed by atoms with Crippen molar-refractivity contribution >= 4 is 17.8 Å². The SMILES string of the molecule is C=CC(N)=O.CCCC(C(=O)O)C(=O)OC.[H-].[K+]. The Balaban J connectivity index is -0.000000122. The van der Waals surface area contributed by atoms with Crippen molar-refractivity contribution in [3.05, 3.63) is 12.7 Å². The number of carbonyl (C=O) groups is 3. The van der Waals surface area contributed by atoms with E-state index in [0.717, 1.165) is 6.08 Å². The van der Waals surface area contributed by atoms with E-state index in [-0.39, 0.29) is 52.8 Å². The van der Waals surface area contributed by atoms with Crippen LogP contribution in [-0.4, -0.2) is 30.1 Å². The number of carbonyl (C=O) groups excluding carboxylic acids is 2. The van der Waals surface area contributed by atoms with Crippen LogP contribution in [0.2, 0.25) is 0 Å². The van der Waals surface area contributed by atoms with Gasteiger partial charge in [-0.15, -0.1) is 0 Å². The van der Waals surface area contributed by atoms with Crippen molar-refractivity contribution in [1.29, 1.82) is 0 Å². The summed E-state index contributed by atoms with van der Waals surface area (Å²) in [5.74, 6) is -3.26. The Morgan fingerprint density at radius 1 is 1.53 bits per heavy atom. The minimum absolute atomic E-state index is 0. The fourth-order valence-electron chi connectivity index (χ4n) is 0.773. The molecule has 0 aliphatic rings. The van der Waals surface area contributed by atoms with E-state index < -0.39 is 23.8 Å². The van der Waals surface area contributed by atoms with Gasteiger partial charge in [-0.1, -0.05) is 19.9 Å². The molecule has 0 radical (unpaired) electrons. The van der Waals surface area contributed by atoms with Crippen molar-refractivity contribution < 1.29 is 77.0 Å². The minimum atomic E-state index is -1.11. The molecule has 0 rings (SSSR count). The van der Waals surface area contributed by atoms with Gasteiger partial charge >= 0.3 is 63.3 Å². The zero-order chi connectivity index (χ0) is 13.1. The molecule has 1 amide bonds. The van der Waals surface area contributed by atoms with E-state index in [9.17, 15) is 14.4 Å². The molecule has 0 aromatic rings. The van der Waals surface area contributed by atoms with Gasteiger partial charge in [0.2, 0.25) is 5.91 Å². The normalized spacial score (nSPS) is 9.76. The Morgan fingerprint density at radius 3 is 2.12 bits per heavy atom. The van der Waals surface area contributed by atoms with Gasteiger partial charge in [-0.2, -0.15) is 0 Å². The number of ether oxygens (including phenoxy) is 1. The molecule has 1 unspecified atom stereocenters. The largest absolute Gasteiger partial charge is 1.00 e. The fourth-order valence-corrected chi connectivity index (χ4v) is 0.773. The number of primary amides is 1. The smallest absolute Gasteiger partial charge is 1.00 e. The molecule has 0 spiro atoms. The van der Waals surface area contributed by atoms with E-state index in [2.05, 4.69) is 17.0 Å². The summed E-state index contributed by atoms with van der Waals surface area (Å²) in [6.07, 6.45) is 2.05. The standard InChI is InChI=1S/C7H12O4.C3H5NO.K.H/c1-3-4-5(6(8)9)7(10)11-2;1-2-3(4)5;;/h5H,3-4H2,1-2H3,(H,8,9);2H,1H2,(H2,4,5);;/q;;+1;-1. The van der Waals surface area contributed by atoms with Crippen LogP contribution in [0.25, 0.3) is 0 Å². The molecule has 0 saturated heterocycles. The van der Waals surface area contributed by atoms with Gasteiger partial charge in [0.1, 0.15) is 0 Å². The van der Waals surface area contributed by atoms with Gasteiger partial charge in [-0.25, -0.2) is 0 Å². The molecule has 7 heteroatoms. The van der Waals surface area contributed by atoms with E-state index in [1.807, 2.05) is 6.92 Å². The number of nitrogens with two attached hydrogens (primary N) is 1. The maximum atomic E-state index is 10.7. The summed E-state index contributed by atoms with van der Waals surface area (Å²) in [5.41, 5.74) is 4.53. The molecular formula is C10H18KNO5. The van der Waals surface area contributed by atoms with Crippen LogP contribution in [-0.2, 0) is 19.1 Å². The van der Waals surface area contributed by atoms with E-state index in [0.29, 0.717) is 12.8 Å². The van der Waals surface area contributed by atoms with Crippen LogP contribution in [0.4, 0.5) is 0 Å². The van der Waals surface area contributed by atoms with Gasteiger partial charge in [0.15, 0.2) is 5.92 Å². The van der Waals surface area contributed by atoms with Crippen LogP contribution < -0.4 is 57.1 Å². The minimum Gasteiger partial charge on any atom is -1.00 e. The summed E-state index contributed by atoms with van der Waals surface area (Å²) in [6.45, 7) is 4.90. The second-order valence-electron chi connectivity index (χ2n) is 2.81. The van der Waals surface area contributed by atoms with Crippen molar-refractivity contribution in [2.75, 3.05) is 7.11 Å². The maximum absolute atomic E-state index is 10.7. The summed E-state index contributed by atoms with van der Waals surface area (Å²) in [6, 6.07) is 0. The number of esters is 1. The number of hydrogen-bond donors (Lipinski definition) is 2. The predicted octanol–water partition coefficient (Wildman–Crippen LogP) is -2.57. The Bertz CT molecular complexity index is 273. The topological polar surface area (TPSA) is 107 Å². The molecule has 6 nitrogen and oxygen atoms in total. The first-order valence-corrected chi connectivity index (χ1v) is 4.63. The third-order valence-electron chi connectivity index (χ3n) is 1.56. The maximum Gasteiger partial charge on any atom is 1.00 e. The van der Waals surface area contributed by atoms with Gasteiger partial charge in [-0.05, 0) is 12.5 Å². The van der Waals surface area contributed by atoms with Gasteiger partial charge in [-0.3, -0.25) is 14.4 Å². The zero-order valence-corrected chi connectivity index (χ0v) is 13.6. The number of aliphatic carboxylic acids is 1. The summed E-state index contributed by atoms with van der Waals surface area (Å²) in [5, 5.41) is 8.51. The van der Waals surface area contributed by atoms with Crippen LogP contribution in [0.3, 0.4) is 0 Å². The summed E-state index contributed by atoms with van der Waals surface area (Å²) in [7, 11) is 1.19. The summed E-state index contributed by atoms with van der Waals surface area (Å²) >= 11 is 0. The monoisotopic (exact) mass is 271 g/mol. The number of carboxylic acids is 1. The molecule has 0 aliphatic carbocycles. The van der Waals surface area contributed by atoms with Crippen molar-refractivity contribution in [3.8, 4) is 0 Å². The quantitative estimate of drug-likeness (QED) is 0.247. The molecule has 94 valence electrons. The Labute approximate surface area is 144 Å². The number of methoxy groups -OCH3 is 1. The van der Waals surface area contributed by atoms with E-state index in [1.165, 1.54) is 7.11 Å². The van der Waals surface area contributed by atoms with Crippen LogP contribution in [0.5, 0.6) is 0 Å². The first-order valence-electron chi connectivity index (χ1n) is 4.63. The third kappa shape index (κ3) is 13.7. The molecular weight excluding hydrogens is 253 g/mol. The molecule has 0 aromatic heterocycles.